The number of oxazole rings is 1. The zero-order valence-corrected chi connectivity index (χ0v) is 16.8. The minimum atomic E-state index is 0.176. The molecule has 0 radical (unpaired) electrons. The van der Waals surface area contributed by atoms with Crippen molar-refractivity contribution in [2.24, 2.45) is 0 Å². The Balaban J connectivity index is 1.25. The number of rotatable bonds is 4. The highest BCUT2D eigenvalue weighted by atomic mass is 35.5. The van der Waals surface area contributed by atoms with Gasteiger partial charge in [0, 0.05) is 43.7 Å². The molecule has 1 saturated heterocycles. The van der Waals surface area contributed by atoms with Gasteiger partial charge < -0.3 is 19.0 Å². The van der Waals surface area contributed by atoms with Gasteiger partial charge in [-0.2, -0.15) is 4.98 Å². The summed E-state index contributed by atoms with van der Waals surface area (Å²) < 4.78 is 12.3. The third-order valence-corrected chi connectivity index (χ3v) is 5.57. The Labute approximate surface area is 174 Å². The average molecular weight is 408 g/mol. The van der Waals surface area contributed by atoms with E-state index in [1.807, 2.05) is 30.3 Å². The van der Waals surface area contributed by atoms with Crippen molar-refractivity contribution in [1.29, 1.82) is 0 Å². The topological polar surface area (TPSA) is 41.7 Å². The van der Waals surface area contributed by atoms with E-state index in [0.717, 1.165) is 55.0 Å². The third kappa shape index (κ3) is 3.83. The molecule has 0 bridgehead atoms. The average Bonchev–Trinajstić information content (AvgIpc) is 3.18. The molecule has 1 aromatic heterocycles. The summed E-state index contributed by atoms with van der Waals surface area (Å²) in [6.45, 7) is 2.55. The SMILES string of the molecule is Clc1ccc2oc(N3CCC(Oc4ccccc4N4C=CC=CC4)CC3)nc2c1. The van der Waals surface area contributed by atoms with E-state index in [-0.39, 0.29) is 6.10 Å². The molecule has 5 nitrogen and oxygen atoms in total. The number of hydrogen-bond donors (Lipinski definition) is 0. The van der Waals surface area contributed by atoms with Crippen LogP contribution in [0.1, 0.15) is 12.8 Å². The molecule has 6 heteroatoms. The Bertz CT molecular complexity index is 1070. The minimum Gasteiger partial charge on any atom is -0.488 e. The van der Waals surface area contributed by atoms with Gasteiger partial charge in [0.25, 0.3) is 6.01 Å². The molecule has 2 aromatic carbocycles. The van der Waals surface area contributed by atoms with Gasteiger partial charge >= 0.3 is 0 Å². The van der Waals surface area contributed by atoms with Gasteiger partial charge in [-0.1, -0.05) is 35.9 Å². The predicted octanol–water partition coefficient (Wildman–Crippen LogP) is 5.42. The lowest BCUT2D eigenvalue weighted by Gasteiger charge is -2.32. The molecule has 0 aliphatic carbocycles. The first-order valence-corrected chi connectivity index (χ1v) is 10.3. The summed E-state index contributed by atoms with van der Waals surface area (Å²) >= 11 is 6.06. The zero-order chi connectivity index (χ0) is 19.6. The van der Waals surface area contributed by atoms with Crippen molar-refractivity contribution in [2.75, 3.05) is 29.4 Å². The van der Waals surface area contributed by atoms with Crippen LogP contribution in [-0.2, 0) is 0 Å². The van der Waals surface area contributed by atoms with E-state index in [1.54, 1.807) is 0 Å². The summed E-state index contributed by atoms with van der Waals surface area (Å²) in [5.41, 5.74) is 2.66. The number of nitrogens with zero attached hydrogens (tertiary/aromatic N) is 3. The lowest BCUT2D eigenvalue weighted by molar-refractivity contribution is 0.170. The van der Waals surface area contributed by atoms with Crippen LogP contribution < -0.4 is 14.5 Å². The second-order valence-electron chi connectivity index (χ2n) is 7.30. The number of ether oxygens (including phenoxy) is 1. The van der Waals surface area contributed by atoms with E-state index in [2.05, 4.69) is 51.3 Å². The van der Waals surface area contributed by atoms with Gasteiger partial charge in [-0.15, -0.1) is 0 Å². The van der Waals surface area contributed by atoms with Crippen LogP contribution >= 0.6 is 11.6 Å². The summed E-state index contributed by atoms with van der Waals surface area (Å²) in [5.74, 6) is 0.933. The second-order valence-corrected chi connectivity index (χ2v) is 7.74. The Morgan fingerprint density at radius 3 is 2.76 bits per heavy atom. The van der Waals surface area contributed by atoms with Gasteiger partial charge in [-0.3, -0.25) is 0 Å². The molecule has 2 aliphatic rings. The molecule has 3 aromatic rings. The molecule has 0 atom stereocenters. The summed E-state index contributed by atoms with van der Waals surface area (Å²) in [6.07, 6.45) is 10.4. The molecule has 0 amide bonds. The summed E-state index contributed by atoms with van der Waals surface area (Å²) in [7, 11) is 0. The fourth-order valence-corrected chi connectivity index (χ4v) is 3.97. The number of aromatic nitrogens is 1. The Morgan fingerprint density at radius 1 is 1.07 bits per heavy atom. The van der Waals surface area contributed by atoms with Crippen LogP contribution in [0.2, 0.25) is 5.02 Å². The quantitative estimate of drug-likeness (QED) is 0.577. The first kappa shape index (κ1) is 18.1. The second kappa shape index (κ2) is 7.84. The number of anilines is 2. The number of piperidine rings is 1. The van der Waals surface area contributed by atoms with Gasteiger partial charge in [0.1, 0.15) is 17.4 Å². The molecule has 3 heterocycles. The maximum atomic E-state index is 6.40. The maximum absolute atomic E-state index is 6.40. The lowest BCUT2D eigenvalue weighted by atomic mass is 10.1. The van der Waals surface area contributed by atoms with Crippen LogP contribution in [0, 0.1) is 0 Å². The Morgan fingerprint density at radius 2 is 1.93 bits per heavy atom. The molecular formula is C23H22ClN3O2. The van der Waals surface area contributed by atoms with E-state index >= 15 is 0 Å². The summed E-state index contributed by atoms with van der Waals surface area (Å²) in [6, 6.07) is 14.4. The highest BCUT2D eigenvalue weighted by molar-refractivity contribution is 6.31. The van der Waals surface area contributed by atoms with Crippen LogP contribution in [0.5, 0.6) is 5.75 Å². The molecule has 29 heavy (non-hydrogen) atoms. The largest absolute Gasteiger partial charge is 0.488 e. The molecule has 0 saturated carbocycles. The molecule has 1 fully saturated rings. The molecule has 0 unspecified atom stereocenters. The van der Waals surface area contributed by atoms with Crippen molar-refractivity contribution in [3.05, 3.63) is 71.9 Å². The van der Waals surface area contributed by atoms with Gasteiger partial charge in [-0.05, 0) is 36.4 Å². The molecule has 0 N–H and O–H groups in total. The van der Waals surface area contributed by atoms with Crippen molar-refractivity contribution in [3.8, 4) is 5.75 Å². The van der Waals surface area contributed by atoms with Gasteiger partial charge in [0.2, 0.25) is 0 Å². The monoisotopic (exact) mass is 407 g/mol. The molecule has 5 rings (SSSR count). The standard InChI is InChI=1S/C23H22ClN3O2/c24-17-8-9-21-19(16-17)25-23(29-21)27-14-10-18(11-15-27)28-22-7-3-2-6-20(22)26-12-4-1-5-13-26/h1-9,12,16,18H,10-11,13-15H2. The van der Waals surface area contributed by atoms with Crippen LogP contribution in [-0.4, -0.2) is 30.7 Å². The summed E-state index contributed by atoms with van der Waals surface area (Å²) in [5, 5.41) is 0.669. The minimum absolute atomic E-state index is 0.176. The highest BCUT2D eigenvalue weighted by Crippen LogP contribution is 2.32. The lowest BCUT2D eigenvalue weighted by Crippen LogP contribution is -2.38. The fourth-order valence-electron chi connectivity index (χ4n) is 3.81. The first-order chi connectivity index (χ1) is 14.3. The van der Waals surface area contributed by atoms with E-state index < -0.39 is 0 Å². The molecule has 0 spiro atoms. The van der Waals surface area contributed by atoms with E-state index in [4.69, 9.17) is 20.8 Å². The Hall–Kier alpha value is -2.92. The molecular weight excluding hydrogens is 386 g/mol. The van der Waals surface area contributed by atoms with Gasteiger partial charge in [0.05, 0.1) is 5.69 Å². The first-order valence-electron chi connectivity index (χ1n) is 9.93. The van der Waals surface area contributed by atoms with Crippen LogP contribution in [0.15, 0.2) is 71.3 Å². The number of para-hydroxylation sites is 2. The fraction of sp³-hybridized carbons (Fsp3) is 0.261. The number of allylic oxidation sites excluding steroid dienone is 2. The smallest absolute Gasteiger partial charge is 0.298 e. The summed E-state index contributed by atoms with van der Waals surface area (Å²) in [4.78, 5) is 8.98. The third-order valence-electron chi connectivity index (χ3n) is 5.33. The van der Waals surface area contributed by atoms with Crippen molar-refractivity contribution in [1.82, 2.24) is 4.98 Å². The van der Waals surface area contributed by atoms with Crippen molar-refractivity contribution < 1.29 is 9.15 Å². The number of fused-ring (bicyclic) bond motifs is 1. The molecule has 148 valence electrons. The van der Waals surface area contributed by atoms with Crippen molar-refractivity contribution in [3.63, 3.8) is 0 Å². The molecule has 2 aliphatic heterocycles. The maximum Gasteiger partial charge on any atom is 0.298 e. The van der Waals surface area contributed by atoms with Gasteiger partial charge in [-0.25, -0.2) is 0 Å². The van der Waals surface area contributed by atoms with E-state index in [1.165, 1.54) is 0 Å². The van der Waals surface area contributed by atoms with Crippen molar-refractivity contribution >= 4 is 34.4 Å². The predicted molar refractivity (Wildman–Crippen MR) is 117 cm³/mol. The van der Waals surface area contributed by atoms with Crippen LogP contribution in [0.3, 0.4) is 0 Å². The van der Waals surface area contributed by atoms with Crippen molar-refractivity contribution in [2.45, 2.75) is 18.9 Å². The normalized spacial score (nSPS) is 17.3. The van der Waals surface area contributed by atoms with Crippen LogP contribution in [0.4, 0.5) is 11.7 Å². The highest BCUT2D eigenvalue weighted by Gasteiger charge is 2.25. The Kier molecular flexibility index (Phi) is 4.90. The van der Waals surface area contributed by atoms with E-state index in [9.17, 15) is 0 Å². The van der Waals surface area contributed by atoms with Gasteiger partial charge in [0.15, 0.2) is 5.58 Å². The number of hydrogen-bond acceptors (Lipinski definition) is 5. The number of halogens is 1. The number of benzene rings is 2. The zero-order valence-electron chi connectivity index (χ0n) is 16.0. The van der Waals surface area contributed by atoms with E-state index in [0.29, 0.717) is 11.0 Å². The van der Waals surface area contributed by atoms with Crippen LogP contribution in [0.25, 0.3) is 11.1 Å².